The molecule has 4 aromatic rings. The first-order valence-corrected chi connectivity index (χ1v) is 11.2. The van der Waals surface area contributed by atoms with Crippen molar-refractivity contribution in [1.29, 1.82) is 0 Å². The summed E-state index contributed by atoms with van der Waals surface area (Å²) in [4.78, 5) is 28.8. The summed E-state index contributed by atoms with van der Waals surface area (Å²) in [5.41, 5.74) is 3.44. The van der Waals surface area contributed by atoms with Crippen LogP contribution < -0.4 is 0 Å². The van der Waals surface area contributed by atoms with Gasteiger partial charge in [0, 0.05) is 16.9 Å². The molecule has 152 valence electrons. The van der Waals surface area contributed by atoms with Gasteiger partial charge in [0.15, 0.2) is 22.5 Å². The van der Waals surface area contributed by atoms with E-state index in [1.54, 1.807) is 18.3 Å². The van der Waals surface area contributed by atoms with E-state index < -0.39 is 0 Å². The van der Waals surface area contributed by atoms with Crippen molar-refractivity contribution in [3.63, 3.8) is 0 Å². The summed E-state index contributed by atoms with van der Waals surface area (Å²) < 4.78 is 1.97. The van der Waals surface area contributed by atoms with Crippen LogP contribution in [0.2, 0.25) is 0 Å². The van der Waals surface area contributed by atoms with Crippen LogP contribution in [0.5, 0.6) is 0 Å². The van der Waals surface area contributed by atoms with Crippen molar-refractivity contribution >= 4 is 34.7 Å². The first-order chi connectivity index (χ1) is 14.5. The molecule has 0 aliphatic carbocycles. The third-order valence-corrected chi connectivity index (χ3v) is 6.58. The number of H-pyrrole nitrogens is 1. The third kappa shape index (κ3) is 3.76. The Bertz CT molecular complexity index is 1210. The Balaban J connectivity index is 1.64. The number of para-hydroxylation sites is 1. The van der Waals surface area contributed by atoms with Crippen LogP contribution in [0.3, 0.4) is 0 Å². The number of hydrogen-bond donors (Lipinski definition) is 1. The fraction of sp³-hybridized carbons (Fsp3) is 0.182. The molecule has 0 aliphatic rings. The van der Waals surface area contributed by atoms with Gasteiger partial charge in [-0.25, -0.2) is 0 Å². The molecule has 30 heavy (non-hydrogen) atoms. The van der Waals surface area contributed by atoms with Crippen LogP contribution in [-0.2, 0) is 0 Å². The Morgan fingerprint density at radius 1 is 1.10 bits per heavy atom. The molecule has 0 saturated heterocycles. The van der Waals surface area contributed by atoms with E-state index >= 15 is 0 Å². The fourth-order valence-corrected chi connectivity index (χ4v) is 5.02. The molecule has 0 radical (unpaired) electrons. The van der Waals surface area contributed by atoms with Crippen LogP contribution in [0.15, 0.2) is 53.0 Å². The van der Waals surface area contributed by atoms with E-state index in [2.05, 4.69) is 15.2 Å². The monoisotopic (exact) mass is 436 g/mol. The van der Waals surface area contributed by atoms with E-state index in [1.807, 2.05) is 59.3 Å². The van der Waals surface area contributed by atoms with Crippen molar-refractivity contribution in [2.24, 2.45) is 0 Å². The molecular weight excluding hydrogens is 416 g/mol. The Labute approximate surface area is 182 Å². The van der Waals surface area contributed by atoms with Crippen molar-refractivity contribution in [2.75, 3.05) is 5.75 Å². The van der Waals surface area contributed by atoms with Crippen LogP contribution in [0.1, 0.15) is 39.0 Å². The fourth-order valence-electron chi connectivity index (χ4n) is 3.50. The van der Waals surface area contributed by atoms with Gasteiger partial charge in [-0.3, -0.25) is 14.2 Å². The van der Waals surface area contributed by atoms with E-state index in [1.165, 1.54) is 18.7 Å². The van der Waals surface area contributed by atoms with E-state index in [0.29, 0.717) is 22.0 Å². The Kier molecular flexibility index (Phi) is 5.69. The van der Waals surface area contributed by atoms with Crippen LogP contribution in [0.4, 0.5) is 0 Å². The van der Waals surface area contributed by atoms with Crippen molar-refractivity contribution in [3.8, 4) is 16.4 Å². The summed E-state index contributed by atoms with van der Waals surface area (Å²) in [6.45, 7) is 5.13. The van der Waals surface area contributed by atoms with Crippen LogP contribution in [-0.4, -0.2) is 37.1 Å². The first kappa shape index (κ1) is 20.3. The summed E-state index contributed by atoms with van der Waals surface area (Å²) >= 11 is 2.93. The standard InChI is InChI=1S/C22H20N4O2S2/c1-13-19(15(3)27)14(2)23-20(13)17(28)12-30-22-25-24-21(18-10-7-11-29-18)26(22)16-8-5-4-6-9-16/h4-11,23H,12H2,1-3H3. The molecule has 0 atom stereocenters. The van der Waals surface area contributed by atoms with E-state index in [4.69, 9.17) is 0 Å². The minimum Gasteiger partial charge on any atom is -0.355 e. The molecule has 0 amide bonds. The molecule has 0 fully saturated rings. The molecule has 0 spiro atoms. The minimum absolute atomic E-state index is 0.0441. The number of aryl methyl sites for hydroxylation is 1. The van der Waals surface area contributed by atoms with Crippen LogP contribution >= 0.6 is 23.1 Å². The first-order valence-electron chi connectivity index (χ1n) is 9.38. The van der Waals surface area contributed by atoms with Gasteiger partial charge in [-0.15, -0.1) is 21.5 Å². The lowest BCUT2D eigenvalue weighted by atomic mass is 10.1. The highest BCUT2D eigenvalue weighted by Gasteiger charge is 2.22. The highest BCUT2D eigenvalue weighted by Crippen LogP contribution is 2.31. The maximum Gasteiger partial charge on any atom is 0.196 e. The summed E-state index contributed by atoms with van der Waals surface area (Å²) in [6.07, 6.45) is 0. The zero-order valence-electron chi connectivity index (χ0n) is 16.8. The summed E-state index contributed by atoms with van der Waals surface area (Å²) in [5, 5.41) is 11.4. The minimum atomic E-state index is -0.0756. The third-order valence-electron chi connectivity index (χ3n) is 4.79. The molecule has 0 unspecified atom stereocenters. The SMILES string of the molecule is CC(=O)c1c(C)[nH]c(C(=O)CSc2nnc(-c3cccs3)n2-c2ccccc2)c1C. The Hall–Kier alpha value is -2.97. The number of ketones is 2. The number of thiophene rings is 1. The highest BCUT2D eigenvalue weighted by atomic mass is 32.2. The highest BCUT2D eigenvalue weighted by molar-refractivity contribution is 7.99. The maximum absolute atomic E-state index is 12.9. The number of thioether (sulfide) groups is 1. The molecule has 3 aromatic heterocycles. The molecule has 4 rings (SSSR count). The second-order valence-corrected chi connectivity index (χ2v) is 8.74. The topological polar surface area (TPSA) is 80.6 Å². The van der Waals surface area contributed by atoms with Gasteiger partial charge >= 0.3 is 0 Å². The number of nitrogens with zero attached hydrogens (tertiary/aromatic N) is 3. The Morgan fingerprint density at radius 3 is 2.50 bits per heavy atom. The number of hydrogen-bond acceptors (Lipinski definition) is 6. The predicted octanol–water partition coefficient (Wildman–Crippen LogP) is 5.12. The lowest BCUT2D eigenvalue weighted by Crippen LogP contribution is -2.07. The van der Waals surface area contributed by atoms with Gasteiger partial charge in [-0.2, -0.15) is 0 Å². The van der Waals surface area contributed by atoms with Gasteiger partial charge in [-0.05, 0) is 49.9 Å². The molecular formula is C22H20N4O2S2. The molecule has 0 bridgehead atoms. The molecule has 1 N–H and O–H groups in total. The zero-order chi connectivity index (χ0) is 21.3. The quantitative estimate of drug-likeness (QED) is 0.321. The molecule has 8 heteroatoms. The summed E-state index contributed by atoms with van der Waals surface area (Å²) in [7, 11) is 0. The van der Waals surface area contributed by atoms with Crippen LogP contribution in [0, 0.1) is 13.8 Å². The predicted molar refractivity (Wildman–Crippen MR) is 120 cm³/mol. The molecule has 0 saturated carbocycles. The van der Waals surface area contributed by atoms with Gasteiger partial charge in [-0.1, -0.05) is 36.0 Å². The second kappa shape index (κ2) is 8.41. The summed E-state index contributed by atoms with van der Waals surface area (Å²) in [5.74, 6) is 0.816. The molecule has 3 heterocycles. The second-order valence-electron chi connectivity index (χ2n) is 6.85. The lowest BCUT2D eigenvalue weighted by molar-refractivity contribution is 0.101. The van der Waals surface area contributed by atoms with Gasteiger partial charge < -0.3 is 4.98 Å². The number of nitrogens with one attached hydrogen (secondary N) is 1. The van der Waals surface area contributed by atoms with Gasteiger partial charge in [0.2, 0.25) is 0 Å². The molecule has 1 aromatic carbocycles. The van der Waals surface area contributed by atoms with Crippen molar-refractivity contribution in [3.05, 3.63) is 70.4 Å². The van der Waals surface area contributed by atoms with E-state index in [-0.39, 0.29) is 17.3 Å². The number of aromatic amines is 1. The zero-order valence-corrected chi connectivity index (χ0v) is 18.4. The average molecular weight is 437 g/mol. The van der Waals surface area contributed by atoms with E-state index in [0.717, 1.165) is 22.1 Å². The summed E-state index contributed by atoms with van der Waals surface area (Å²) in [6, 6.07) is 13.8. The largest absolute Gasteiger partial charge is 0.355 e. The average Bonchev–Trinajstić information content (AvgIpc) is 3.45. The maximum atomic E-state index is 12.9. The normalized spacial score (nSPS) is 11.0. The number of aromatic nitrogens is 4. The number of Topliss-reactive ketones (excluding diaryl/α,β-unsaturated/α-hetero) is 2. The number of rotatable bonds is 7. The van der Waals surface area contributed by atoms with Crippen molar-refractivity contribution in [2.45, 2.75) is 25.9 Å². The van der Waals surface area contributed by atoms with Crippen molar-refractivity contribution < 1.29 is 9.59 Å². The van der Waals surface area contributed by atoms with Gasteiger partial charge in [0.25, 0.3) is 0 Å². The lowest BCUT2D eigenvalue weighted by Gasteiger charge is -2.09. The Morgan fingerprint density at radius 2 is 1.87 bits per heavy atom. The van der Waals surface area contributed by atoms with E-state index in [9.17, 15) is 9.59 Å². The smallest absolute Gasteiger partial charge is 0.196 e. The van der Waals surface area contributed by atoms with Gasteiger partial charge in [0.05, 0.1) is 16.3 Å². The molecule has 6 nitrogen and oxygen atoms in total. The number of benzene rings is 1. The number of carbonyl (C=O) groups is 2. The van der Waals surface area contributed by atoms with Crippen LogP contribution in [0.25, 0.3) is 16.4 Å². The number of carbonyl (C=O) groups excluding carboxylic acids is 2. The van der Waals surface area contributed by atoms with Crippen molar-refractivity contribution in [1.82, 2.24) is 19.7 Å². The molecule has 0 aliphatic heterocycles. The van der Waals surface area contributed by atoms with Gasteiger partial charge in [0.1, 0.15) is 0 Å².